The minimum Gasteiger partial charge on any atom is -0.481 e. The lowest BCUT2D eigenvalue weighted by molar-refractivity contribution is -0.153. The van der Waals surface area contributed by atoms with Gasteiger partial charge in [-0.25, -0.2) is 0 Å². The van der Waals surface area contributed by atoms with E-state index in [2.05, 4.69) is 12.2 Å². The summed E-state index contributed by atoms with van der Waals surface area (Å²) in [6.45, 7) is 7.48. The second kappa shape index (κ2) is 5.72. The highest BCUT2D eigenvalue weighted by Gasteiger charge is 2.42. The van der Waals surface area contributed by atoms with E-state index in [1.807, 2.05) is 13.8 Å². The van der Waals surface area contributed by atoms with Crippen molar-refractivity contribution in [3.8, 4) is 0 Å². The normalized spacial score (nSPS) is 25.6. The molecule has 1 aliphatic carbocycles. The molecule has 0 aromatic heterocycles. The van der Waals surface area contributed by atoms with E-state index in [4.69, 9.17) is 0 Å². The van der Waals surface area contributed by atoms with E-state index in [0.29, 0.717) is 5.92 Å². The van der Waals surface area contributed by atoms with E-state index in [1.54, 1.807) is 6.92 Å². The molecule has 0 heterocycles. The largest absolute Gasteiger partial charge is 0.481 e. The summed E-state index contributed by atoms with van der Waals surface area (Å²) in [6, 6.07) is 0.280. The number of carboxylic acid groups (broad SMARTS) is 1. The first-order valence-corrected chi connectivity index (χ1v) is 6.84. The maximum absolute atomic E-state index is 11.9. The Morgan fingerprint density at radius 3 is 2.50 bits per heavy atom. The molecule has 0 spiro atoms. The zero-order valence-electron chi connectivity index (χ0n) is 11.8. The van der Waals surface area contributed by atoms with Crippen LogP contribution in [0.4, 0.5) is 0 Å². The molecule has 0 aliphatic heterocycles. The van der Waals surface area contributed by atoms with Crippen LogP contribution in [0.1, 0.15) is 53.4 Å². The predicted molar refractivity (Wildman–Crippen MR) is 70.1 cm³/mol. The predicted octanol–water partition coefficient (Wildman–Crippen LogP) is 2.43. The quantitative estimate of drug-likeness (QED) is 0.734. The van der Waals surface area contributed by atoms with Crippen LogP contribution in [-0.4, -0.2) is 23.0 Å². The third kappa shape index (κ3) is 3.47. The van der Waals surface area contributed by atoms with Crippen LogP contribution in [0.25, 0.3) is 0 Å². The number of hydrogen-bond donors (Lipinski definition) is 2. The van der Waals surface area contributed by atoms with E-state index in [9.17, 15) is 14.7 Å². The highest BCUT2D eigenvalue weighted by Crippen LogP contribution is 2.36. The number of amides is 1. The van der Waals surface area contributed by atoms with Crippen molar-refractivity contribution in [3.63, 3.8) is 0 Å². The first-order chi connectivity index (χ1) is 8.31. The Balaban J connectivity index is 2.46. The van der Waals surface area contributed by atoms with Crippen LogP contribution in [0.2, 0.25) is 0 Å². The van der Waals surface area contributed by atoms with Crippen molar-refractivity contribution in [2.75, 3.05) is 0 Å². The summed E-state index contributed by atoms with van der Waals surface area (Å²) in [7, 11) is 0. The van der Waals surface area contributed by atoms with E-state index < -0.39 is 11.4 Å². The van der Waals surface area contributed by atoms with Gasteiger partial charge in [0.2, 0.25) is 5.91 Å². The van der Waals surface area contributed by atoms with Gasteiger partial charge < -0.3 is 10.4 Å². The molecule has 1 fully saturated rings. The Morgan fingerprint density at radius 2 is 2.06 bits per heavy atom. The van der Waals surface area contributed by atoms with Crippen LogP contribution < -0.4 is 5.32 Å². The lowest BCUT2D eigenvalue weighted by Crippen LogP contribution is -2.40. The number of hydrogen-bond acceptors (Lipinski definition) is 2. The fourth-order valence-electron chi connectivity index (χ4n) is 2.23. The molecule has 0 bridgehead atoms. The smallest absolute Gasteiger partial charge is 0.310 e. The van der Waals surface area contributed by atoms with Crippen molar-refractivity contribution in [1.29, 1.82) is 0 Å². The molecule has 3 unspecified atom stereocenters. The molecule has 0 radical (unpaired) electrons. The van der Waals surface area contributed by atoms with Gasteiger partial charge in [-0.3, -0.25) is 9.59 Å². The highest BCUT2D eigenvalue weighted by molar-refractivity contribution is 5.85. The summed E-state index contributed by atoms with van der Waals surface area (Å²) in [5, 5.41) is 12.2. The molecule has 1 saturated carbocycles. The van der Waals surface area contributed by atoms with Crippen molar-refractivity contribution in [3.05, 3.63) is 0 Å². The average Bonchev–Trinajstić information content (AvgIpc) is 2.95. The Labute approximate surface area is 109 Å². The molecule has 104 valence electrons. The van der Waals surface area contributed by atoms with Gasteiger partial charge in [0.15, 0.2) is 0 Å². The minimum absolute atomic E-state index is 0.0635. The zero-order valence-corrected chi connectivity index (χ0v) is 11.8. The highest BCUT2D eigenvalue weighted by atomic mass is 16.4. The summed E-state index contributed by atoms with van der Waals surface area (Å²) in [5.41, 5.74) is -0.973. The maximum Gasteiger partial charge on any atom is 0.310 e. The van der Waals surface area contributed by atoms with Gasteiger partial charge >= 0.3 is 5.97 Å². The van der Waals surface area contributed by atoms with Crippen LogP contribution in [0.5, 0.6) is 0 Å². The molecule has 4 nitrogen and oxygen atoms in total. The first kappa shape index (κ1) is 15.0. The molecular formula is C14H25NO3. The van der Waals surface area contributed by atoms with E-state index in [0.717, 1.165) is 19.3 Å². The summed E-state index contributed by atoms with van der Waals surface area (Å²) >= 11 is 0. The number of rotatable bonds is 7. The van der Waals surface area contributed by atoms with Crippen LogP contribution >= 0.6 is 0 Å². The minimum atomic E-state index is -0.973. The lowest BCUT2D eigenvalue weighted by Gasteiger charge is -2.28. The molecular weight excluding hydrogens is 230 g/mol. The zero-order chi connectivity index (χ0) is 13.9. The Kier molecular flexibility index (Phi) is 4.77. The van der Waals surface area contributed by atoms with Gasteiger partial charge in [0.1, 0.15) is 0 Å². The molecule has 3 atom stereocenters. The lowest BCUT2D eigenvalue weighted by atomic mass is 9.76. The molecule has 4 heteroatoms. The molecule has 1 rings (SSSR count). The second-order valence-electron chi connectivity index (χ2n) is 6.01. The SMILES string of the molecule is CCCC1CC1NC(=O)CC(C)(C(=O)O)C(C)C. The van der Waals surface area contributed by atoms with Crippen molar-refractivity contribution in [2.24, 2.45) is 17.3 Å². The molecule has 2 N–H and O–H groups in total. The second-order valence-corrected chi connectivity index (χ2v) is 6.01. The van der Waals surface area contributed by atoms with Crippen molar-refractivity contribution in [2.45, 2.75) is 59.4 Å². The fraction of sp³-hybridized carbons (Fsp3) is 0.857. The van der Waals surface area contributed by atoms with E-state index in [1.165, 1.54) is 0 Å². The van der Waals surface area contributed by atoms with Crippen LogP contribution in [0.15, 0.2) is 0 Å². The van der Waals surface area contributed by atoms with Gasteiger partial charge in [0.05, 0.1) is 5.41 Å². The van der Waals surface area contributed by atoms with Crippen LogP contribution in [0.3, 0.4) is 0 Å². The first-order valence-electron chi connectivity index (χ1n) is 6.84. The number of carbonyl (C=O) groups is 2. The van der Waals surface area contributed by atoms with Gasteiger partial charge in [-0.05, 0) is 31.6 Å². The van der Waals surface area contributed by atoms with Crippen LogP contribution in [0, 0.1) is 17.3 Å². The van der Waals surface area contributed by atoms with Gasteiger partial charge in [0.25, 0.3) is 0 Å². The van der Waals surface area contributed by atoms with Crippen molar-refractivity contribution in [1.82, 2.24) is 5.32 Å². The third-order valence-electron chi connectivity index (χ3n) is 4.22. The van der Waals surface area contributed by atoms with Crippen molar-refractivity contribution >= 4 is 11.9 Å². The summed E-state index contributed by atoms with van der Waals surface area (Å²) < 4.78 is 0. The molecule has 1 amide bonds. The summed E-state index contributed by atoms with van der Waals surface area (Å²) in [5.74, 6) is -0.480. The Hall–Kier alpha value is -1.06. The molecule has 0 aromatic rings. The number of carbonyl (C=O) groups excluding carboxylic acids is 1. The van der Waals surface area contributed by atoms with Gasteiger partial charge in [0, 0.05) is 12.5 Å². The summed E-state index contributed by atoms with van der Waals surface area (Å²) in [6.07, 6.45) is 3.39. The Bertz CT molecular complexity index is 327. The fourth-order valence-corrected chi connectivity index (χ4v) is 2.23. The maximum atomic E-state index is 11.9. The van der Waals surface area contributed by atoms with E-state index >= 15 is 0 Å². The number of carboxylic acids is 1. The average molecular weight is 255 g/mol. The Morgan fingerprint density at radius 1 is 1.44 bits per heavy atom. The molecule has 0 aromatic carbocycles. The third-order valence-corrected chi connectivity index (χ3v) is 4.22. The number of nitrogens with one attached hydrogen (secondary N) is 1. The standard InChI is InChI=1S/C14H25NO3/c1-5-6-10-7-11(10)15-12(16)8-14(4,9(2)3)13(17)18/h9-11H,5-8H2,1-4H3,(H,15,16)(H,17,18). The van der Waals surface area contributed by atoms with Gasteiger partial charge in [-0.15, -0.1) is 0 Å². The molecule has 18 heavy (non-hydrogen) atoms. The van der Waals surface area contributed by atoms with Crippen molar-refractivity contribution < 1.29 is 14.7 Å². The monoisotopic (exact) mass is 255 g/mol. The summed E-state index contributed by atoms with van der Waals surface area (Å²) in [4.78, 5) is 23.2. The van der Waals surface area contributed by atoms with Gasteiger partial charge in [-0.1, -0.05) is 27.2 Å². The molecule has 0 saturated heterocycles. The molecule has 1 aliphatic rings. The van der Waals surface area contributed by atoms with E-state index in [-0.39, 0.29) is 24.3 Å². The van der Waals surface area contributed by atoms with Gasteiger partial charge in [-0.2, -0.15) is 0 Å². The van der Waals surface area contributed by atoms with Crippen LogP contribution in [-0.2, 0) is 9.59 Å². The number of aliphatic carboxylic acids is 1. The topological polar surface area (TPSA) is 66.4 Å².